The molecule has 0 radical (unpaired) electrons. The minimum absolute atomic E-state index is 0.631. The SMILES string of the molecule is CCOc1cc(NCCCCCCC(C)C)ncn1. The molecule has 0 amide bonds. The molecule has 0 aliphatic carbocycles. The molecule has 1 N–H and O–H groups in total. The molecule has 0 aliphatic heterocycles. The fourth-order valence-corrected chi connectivity index (χ4v) is 1.91. The Morgan fingerprint density at radius 1 is 1.16 bits per heavy atom. The Morgan fingerprint density at radius 3 is 2.68 bits per heavy atom. The Labute approximate surface area is 117 Å². The molecule has 4 nitrogen and oxygen atoms in total. The van der Waals surface area contributed by atoms with Crippen molar-refractivity contribution in [1.29, 1.82) is 0 Å². The highest BCUT2D eigenvalue weighted by Gasteiger charge is 1.99. The molecule has 1 heterocycles. The van der Waals surface area contributed by atoms with E-state index in [2.05, 4.69) is 29.1 Å². The lowest BCUT2D eigenvalue weighted by Gasteiger charge is -2.07. The summed E-state index contributed by atoms with van der Waals surface area (Å²) in [5.41, 5.74) is 0. The highest BCUT2D eigenvalue weighted by Crippen LogP contribution is 2.12. The quantitative estimate of drug-likeness (QED) is 0.652. The Hall–Kier alpha value is -1.32. The Balaban J connectivity index is 2.10. The molecule has 0 fully saturated rings. The number of rotatable bonds is 10. The lowest BCUT2D eigenvalue weighted by atomic mass is 10.0. The third kappa shape index (κ3) is 7.65. The van der Waals surface area contributed by atoms with Gasteiger partial charge < -0.3 is 10.1 Å². The van der Waals surface area contributed by atoms with Gasteiger partial charge in [0.05, 0.1) is 6.61 Å². The van der Waals surface area contributed by atoms with Crippen molar-refractivity contribution in [2.75, 3.05) is 18.5 Å². The first kappa shape index (κ1) is 15.7. The van der Waals surface area contributed by atoms with E-state index in [-0.39, 0.29) is 0 Å². The van der Waals surface area contributed by atoms with Gasteiger partial charge >= 0.3 is 0 Å². The molecule has 0 unspecified atom stereocenters. The molecule has 0 aliphatic rings. The van der Waals surface area contributed by atoms with Gasteiger partial charge in [0.25, 0.3) is 0 Å². The zero-order valence-corrected chi connectivity index (χ0v) is 12.5. The predicted molar refractivity (Wildman–Crippen MR) is 79.6 cm³/mol. The van der Waals surface area contributed by atoms with Crippen LogP contribution in [0.1, 0.15) is 52.9 Å². The summed E-state index contributed by atoms with van der Waals surface area (Å²) >= 11 is 0. The molecule has 1 rings (SSSR count). The maximum atomic E-state index is 5.34. The summed E-state index contributed by atoms with van der Waals surface area (Å²) < 4.78 is 5.34. The first-order valence-corrected chi connectivity index (χ1v) is 7.41. The van der Waals surface area contributed by atoms with Crippen LogP contribution in [-0.4, -0.2) is 23.1 Å². The smallest absolute Gasteiger partial charge is 0.218 e. The van der Waals surface area contributed by atoms with Crippen LogP contribution in [0, 0.1) is 5.92 Å². The van der Waals surface area contributed by atoms with Crippen molar-refractivity contribution in [3.8, 4) is 5.88 Å². The Morgan fingerprint density at radius 2 is 1.95 bits per heavy atom. The minimum Gasteiger partial charge on any atom is -0.478 e. The summed E-state index contributed by atoms with van der Waals surface area (Å²) in [6, 6.07) is 1.85. The first-order valence-electron chi connectivity index (χ1n) is 7.41. The Bertz CT molecular complexity index is 342. The van der Waals surface area contributed by atoms with Crippen LogP contribution in [0.25, 0.3) is 0 Å². The van der Waals surface area contributed by atoms with E-state index in [1.54, 1.807) is 0 Å². The van der Waals surface area contributed by atoms with Gasteiger partial charge in [0.15, 0.2) is 0 Å². The zero-order chi connectivity index (χ0) is 13.9. The highest BCUT2D eigenvalue weighted by molar-refractivity contribution is 5.36. The van der Waals surface area contributed by atoms with Gasteiger partial charge in [-0.15, -0.1) is 0 Å². The number of anilines is 1. The second kappa shape index (κ2) is 9.59. The molecule has 0 aromatic carbocycles. The number of nitrogens with one attached hydrogen (secondary N) is 1. The Kier molecular flexibility index (Phi) is 7.94. The molecule has 0 saturated heterocycles. The number of hydrogen-bond donors (Lipinski definition) is 1. The lowest BCUT2D eigenvalue weighted by Crippen LogP contribution is -2.04. The van der Waals surface area contributed by atoms with Gasteiger partial charge in [-0.3, -0.25) is 0 Å². The molecule has 1 aromatic rings. The lowest BCUT2D eigenvalue weighted by molar-refractivity contribution is 0.326. The fourth-order valence-electron chi connectivity index (χ4n) is 1.91. The van der Waals surface area contributed by atoms with Gasteiger partial charge in [0.1, 0.15) is 12.1 Å². The normalized spacial score (nSPS) is 10.7. The number of unbranched alkanes of at least 4 members (excludes halogenated alkanes) is 3. The molecular formula is C15H27N3O. The van der Waals surface area contributed by atoms with Gasteiger partial charge in [-0.2, -0.15) is 0 Å². The van der Waals surface area contributed by atoms with E-state index in [1.165, 1.54) is 38.4 Å². The fraction of sp³-hybridized carbons (Fsp3) is 0.733. The van der Waals surface area contributed by atoms with Gasteiger partial charge in [0.2, 0.25) is 5.88 Å². The maximum absolute atomic E-state index is 5.34. The molecule has 19 heavy (non-hydrogen) atoms. The average Bonchev–Trinajstić information content (AvgIpc) is 2.38. The second-order valence-corrected chi connectivity index (χ2v) is 5.20. The van der Waals surface area contributed by atoms with Crippen LogP contribution < -0.4 is 10.1 Å². The highest BCUT2D eigenvalue weighted by atomic mass is 16.5. The molecule has 4 heteroatoms. The van der Waals surface area contributed by atoms with Crippen LogP contribution in [0.5, 0.6) is 5.88 Å². The van der Waals surface area contributed by atoms with Crippen LogP contribution in [0.15, 0.2) is 12.4 Å². The van der Waals surface area contributed by atoms with Gasteiger partial charge in [-0.1, -0.05) is 39.5 Å². The van der Waals surface area contributed by atoms with E-state index in [1.807, 2.05) is 13.0 Å². The molecule has 0 saturated carbocycles. The van der Waals surface area contributed by atoms with Crippen molar-refractivity contribution in [1.82, 2.24) is 9.97 Å². The summed E-state index contributed by atoms with van der Waals surface area (Å²) in [6.45, 7) is 8.11. The van der Waals surface area contributed by atoms with Crippen molar-refractivity contribution in [2.45, 2.75) is 52.9 Å². The van der Waals surface area contributed by atoms with Crippen molar-refractivity contribution in [3.05, 3.63) is 12.4 Å². The van der Waals surface area contributed by atoms with Crippen LogP contribution in [-0.2, 0) is 0 Å². The summed E-state index contributed by atoms with van der Waals surface area (Å²) in [4.78, 5) is 8.22. The summed E-state index contributed by atoms with van der Waals surface area (Å²) in [7, 11) is 0. The van der Waals surface area contributed by atoms with Gasteiger partial charge in [-0.25, -0.2) is 9.97 Å². The summed E-state index contributed by atoms with van der Waals surface area (Å²) in [6.07, 6.45) is 8.02. The van der Waals surface area contributed by atoms with E-state index in [0.717, 1.165) is 18.3 Å². The number of hydrogen-bond acceptors (Lipinski definition) is 4. The van der Waals surface area contributed by atoms with Crippen molar-refractivity contribution in [3.63, 3.8) is 0 Å². The number of ether oxygens (including phenoxy) is 1. The van der Waals surface area contributed by atoms with Crippen molar-refractivity contribution < 1.29 is 4.74 Å². The maximum Gasteiger partial charge on any atom is 0.218 e. The zero-order valence-electron chi connectivity index (χ0n) is 12.5. The predicted octanol–water partition coefficient (Wildman–Crippen LogP) is 3.89. The number of aromatic nitrogens is 2. The van der Waals surface area contributed by atoms with Gasteiger partial charge in [0, 0.05) is 12.6 Å². The number of nitrogens with zero attached hydrogens (tertiary/aromatic N) is 2. The summed E-state index contributed by atoms with van der Waals surface area (Å²) in [5, 5.41) is 3.31. The molecule has 1 aromatic heterocycles. The van der Waals surface area contributed by atoms with E-state index in [0.29, 0.717) is 12.5 Å². The van der Waals surface area contributed by atoms with Crippen molar-refractivity contribution in [2.24, 2.45) is 5.92 Å². The molecule has 0 atom stereocenters. The monoisotopic (exact) mass is 265 g/mol. The topological polar surface area (TPSA) is 47.0 Å². The third-order valence-corrected chi connectivity index (χ3v) is 2.95. The molecule has 0 bridgehead atoms. The molecule has 0 spiro atoms. The molecular weight excluding hydrogens is 238 g/mol. The van der Waals surface area contributed by atoms with Crippen molar-refractivity contribution >= 4 is 5.82 Å². The first-order chi connectivity index (χ1) is 9.22. The minimum atomic E-state index is 0.631. The standard InChI is InChI=1S/C15H27N3O/c1-4-19-15-11-14(17-12-18-15)16-10-8-6-5-7-9-13(2)3/h11-13H,4-10H2,1-3H3,(H,16,17,18). The van der Waals surface area contributed by atoms with E-state index < -0.39 is 0 Å². The van der Waals surface area contributed by atoms with Crippen LogP contribution in [0.4, 0.5) is 5.82 Å². The second-order valence-electron chi connectivity index (χ2n) is 5.20. The van der Waals surface area contributed by atoms with Crippen LogP contribution in [0.3, 0.4) is 0 Å². The van der Waals surface area contributed by atoms with Crippen LogP contribution >= 0.6 is 0 Å². The average molecular weight is 265 g/mol. The largest absolute Gasteiger partial charge is 0.478 e. The van der Waals surface area contributed by atoms with E-state index in [9.17, 15) is 0 Å². The van der Waals surface area contributed by atoms with E-state index >= 15 is 0 Å². The summed E-state index contributed by atoms with van der Waals surface area (Å²) in [5.74, 6) is 2.31. The van der Waals surface area contributed by atoms with Crippen LogP contribution in [0.2, 0.25) is 0 Å². The van der Waals surface area contributed by atoms with Gasteiger partial charge in [-0.05, 0) is 19.3 Å². The molecule has 108 valence electrons. The third-order valence-electron chi connectivity index (χ3n) is 2.95. The van der Waals surface area contributed by atoms with E-state index in [4.69, 9.17) is 4.74 Å².